The fourth-order valence-electron chi connectivity index (χ4n) is 2.73. The molecule has 1 aliphatic rings. The van der Waals surface area contributed by atoms with Crippen LogP contribution < -0.4 is 0 Å². The number of hydrogen-bond acceptors (Lipinski definition) is 6. The molecule has 0 amide bonds. The van der Waals surface area contributed by atoms with Crippen molar-refractivity contribution in [1.29, 1.82) is 0 Å². The first-order chi connectivity index (χ1) is 11.8. The lowest BCUT2D eigenvalue weighted by Crippen LogP contribution is -2.33. The zero-order valence-electron chi connectivity index (χ0n) is 13.0. The van der Waals surface area contributed by atoms with Gasteiger partial charge in [0.05, 0.1) is 0 Å². The van der Waals surface area contributed by atoms with Gasteiger partial charge in [0.1, 0.15) is 0 Å². The molecule has 2 heterocycles. The van der Waals surface area contributed by atoms with Crippen molar-refractivity contribution >= 4 is 17.7 Å². The quantitative estimate of drug-likeness (QED) is 0.673. The van der Waals surface area contributed by atoms with Gasteiger partial charge in [-0.25, -0.2) is 4.31 Å². The van der Waals surface area contributed by atoms with Gasteiger partial charge >= 0.3 is 0 Å². The summed E-state index contributed by atoms with van der Waals surface area (Å²) in [5.41, 5.74) is 1.55. The minimum atomic E-state index is -0.556. The van der Waals surface area contributed by atoms with Crippen LogP contribution in [0.5, 0.6) is 0 Å². The number of hydrogen-bond donors (Lipinski definition) is 0. The van der Waals surface area contributed by atoms with Gasteiger partial charge in [-0.05, 0) is 30.1 Å². The molecule has 0 saturated carbocycles. The molecule has 0 saturated heterocycles. The summed E-state index contributed by atoms with van der Waals surface area (Å²) < 4.78 is 7.81. The van der Waals surface area contributed by atoms with E-state index in [0.29, 0.717) is 23.9 Å². The van der Waals surface area contributed by atoms with Crippen LogP contribution in [0.15, 0.2) is 63.9 Å². The SMILES string of the molecule is CCN1Sc2ccccc2C(=O)C1c1nnc(-c2ccccc2)o1. The fourth-order valence-corrected chi connectivity index (χ4v) is 3.81. The highest BCUT2D eigenvalue weighted by Gasteiger charge is 2.38. The summed E-state index contributed by atoms with van der Waals surface area (Å²) >= 11 is 1.55. The van der Waals surface area contributed by atoms with Crippen LogP contribution in [-0.4, -0.2) is 26.8 Å². The van der Waals surface area contributed by atoms with E-state index in [2.05, 4.69) is 10.2 Å². The number of carbonyl (C=O) groups excluding carboxylic acids is 1. The summed E-state index contributed by atoms with van der Waals surface area (Å²) in [6.07, 6.45) is 0. The number of fused-ring (bicyclic) bond motifs is 1. The van der Waals surface area contributed by atoms with Gasteiger partial charge in [0, 0.05) is 22.6 Å². The Kier molecular flexibility index (Phi) is 3.92. The van der Waals surface area contributed by atoms with E-state index in [-0.39, 0.29) is 5.78 Å². The lowest BCUT2D eigenvalue weighted by atomic mass is 10.0. The van der Waals surface area contributed by atoms with Crippen LogP contribution in [0, 0.1) is 0 Å². The predicted octanol–water partition coefficient (Wildman–Crippen LogP) is 4.00. The van der Waals surface area contributed by atoms with Crippen molar-refractivity contribution in [2.75, 3.05) is 6.54 Å². The maximum Gasteiger partial charge on any atom is 0.247 e. The van der Waals surface area contributed by atoms with Crippen molar-refractivity contribution in [1.82, 2.24) is 14.5 Å². The molecule has 0 spiro atoms. The number of benzene rings is 2. The minimum Gasteiger partial charge on any atom is -0.418 e. The third-order valence-corrected chi connectivity index (χ3v) is 5.17. The number of aromatic nitrogens is 2. The Morgan fingerprint density at radius 1 is 1.08 bits per heavy atom. The van der Waals surface area contributed by atoms with E-state index in [1.165, 1.54) is 0 Å². The predicted molar refractivity (Wildman–Crippen MR) is 91.5 cm³/mol. The third-order valence-electron chi connectivity index (χ3n) is 3.91. The van der Waals surface area contributed by atoms with E-state index in [0.717, 1.165) is 10.5 Å². The van der Waals surface area contributed by atoms with Crippen LogP contribution in [0.4, 0.5) is 0 Å². The summed E-state index contributed by atoms with van der Waals surface area (Å²) in [5.74, 6) is 0.760. The molecule has 1 aromatic heterocycles. The highest BCUT2D eigenvalue weighted by molar-refractivity contribution is 7.97. The Morgan fingerprint density at radius 3 is 2.62 bits per heavy atom. The lowest BCUT2D eigenvalue weighted by Gasteiger charge is -2.31. The molecule has 0 aliphatic carbocycles. The molecule has 5 nitrogen and oxygen atoms in total. The van der Waals surface area contributed by atoms with Crippen LogP contribution in [0.2, 0.25) is 0 Å². The van der Waals surface area contributed by atoms with E-state index >= 15 is 0 Å². The zero-order valence-corrected chi connectivity index (χ0v) is 13.9. The van der Waals surface area contributed by atoms with Gasteiger partial charge < -0.3 is 4.42 Å². The van der Waals surface area contributed by atoms with Gasteiger partial charge in [-0.3, -0.25) is 4.79 Å². The van der Waals surface area contributed by atoms with Gasteiger partial charge in [-0.15, -0.1) is 10.2 Å². The second-order valence-electron chi connectivity index (χ2n) is 5.40. The molecule has 3 aromatic rings. The van der Waals surface area contributed by atoms with Crippen molar-refractivity contribution in [2.45, 2.75) is 17.9 Å². The van der Waals surface area contributed by atoms with E-state index in [4.69, 9.17) is 4.42 Å². The molecule has 0 N–H and O–H groups in total. The molecule has 2 aromatic carbocycles. The number of carbonyl (C=O) groups is 1. The third kappa shape index (κ3) is 2.53. The topological polar surface area (TPSA) is 59.2 Å². The van der Waals surface area contributed by atoms with Crippen LogP contribution >= 0.6 is 11.9 Å². The van der Waals surface area contributed by atoms with Crippen molar-refractivity contribution in [3.05, 3.63) is 66.1 Å². The summed E-state index contributed by atoms with van der Waals surface area (Å²) in [4.78, 5) is 13.9. The average molecular weight is 337 g/mol. The first-order valence-electron chi connectivity index (χ1n) is 7.74. The maximum absolute atomic E-state index is 12.9. The van der Waals surface area contributed by atoms with Gasteiger partial charge in [-0.1, -0.05) is 43.3 Å². The maximum atomic E-state index is 12.9. The smallest absolute Gasteiger partial charge is 0.247 e. The highest BCUT2D eigenvalue weighted by Crippen LogP contribution is 2.41. The zero-order chi connectivity index (χ0) is 16.5. The molecule has 1 atom stereocenters. The van der Waals surface area contributed by atoms with Crippen molar-refractivity contribution in [2.24, 2.45) is 0 Å². The summed E-state index contributed by atoms with van der Waals surface area (Å²) in [6, 6.07) is 16.6. The molecule has 6 heteroatoms. The number of nitrogens with zero attached hydrogens (tertiary/aromatic N) is 3. The van der Waals surface area contributed by atoms with Crippen LogP contribution in [0.25, 0.3) is 11.5 Å². The Bertz CT molecular complexity index is 879. The standard InChI is InChI=1S/C18H15N3O2S/c1-2-21-15(16(22)13-10-6-7-11-14(13)24-21)18-20-19-17(23-18)12-8-4-3-5-9-12/h3-11,15H,2H2,1H3. The first-order valence-corrected chi connectivity index (χ1v) is 8.52. The largest absolute Gasteiger partial charge is 0.418 e. The number of ketones is 1. The monoisotopic (exact) mass is 337 g/mol. The highest BCUT2D eigenvalue weighted by atomic mass is 32.2. The Hall–Kier alpha value is -2.44. The number of Topliss-reactive ketones (excluding diaryl/α,β-unsaturated/α-hetero) is 1. The second-order valence-corrected chi connectivity index (χ2v) is 6.49. The van der Waals surface area contributed by atoms with Crippen molar-refractivity contribution in [3.8, 4) is 11.5 Å². The lowest BCUT2D eigenvalue weighted by molar-refractivity contribution is 0.0872. The average Bonchev–Trinajstić information content (AvgIpc) is 3.12. The first kappa shape index (κ1) is 15.1. The summed E-state index contributed by atoms with van der Waals surface area (Å²) in [5, 5.41) is 8.26. The van der Waals surface area contributed by atoms with E-state index in [1.54, 1.807) is 11.9 Å². The van der Waals surface area contributed by atoms with Gasteiger partial charge in [0.25, 0.3) is 0 Å². The Morgan fingerprint density at radius 2 is 1.83 bits per heavy atom. The Balaban J connectivity index is 1.73. The van der Waals surface area contributed by atoms with E-state index < -0.39 is 6.04 Å². The number of likely N-dealkylation sites (N-methyl/N-ethyl adjacent to an activating group) is 1. The molecule has 1 aliphatic heterocycles. The molecule has 0 bridgehead atoms. The minimum absolute atomic E-state index is 0.00513. The normalized spacial score (nSPS) is 17.7. The van der Waals surface area contributed by atoms with Gasteiger partial charge in [0.15, 0.2) is 11.8 Å². The molecule has 1 unspecified atom stereocenters. The fraction of sp³-hybridized carbons (Fsp3) is 0.167. The van der Waals surface area contributed by atoms with Crippen LogP contribution in [0.1, 0.15) is 29.2 Å². The molecule has 4 rings (SSSR count). The van der Waals surface area contributed by atoms with Gasteiger partial charge in [-0.2, -0.15) is 0 Å². The van der Waals surface area contributed by atoms with Crippen LogP contribution in [-0.2, 0) is 0 Å². The summed E-state index contributed by atoms with van der Waals surface area (Å²) in [6.45, 7) is 2.70. The molecular weight excluding hydrogens is 322 g/mol. The van der Waals surface area contributed by atoms with E-state index in [9.17, 15) is 4.79 Å². The van der Waals surface area contributed by atoms with Crippen molar-refractivity contribution in [3.63, 3.8) is 0 Å². The molecular formula is C18H15N3O2S. The molecule has 0 fully saturated rings. The molecule has 24 heavy (non-hydrogen) atoms. The second kappa shape index (κ2) is 6.22. The van der Waals surface area contributed by atoms with Crippen molar-refractivity contribution < 1.29 is 9.21 Å². The van der Waals surface area contributed by atoms with E-state index in [1.807, 2.05) is 65.8 Å². The number of rotatable bonds is 3. The molecule has 120 valence electrons. The van der Waals surface area contributed by atoms with Gasteiger partial charge in [0.2, 0.25) is 11.8 Å². The van der Waals surface area contributed by atoms with Crippen LogP contribution in [0.3, 0.4) is 0 Å². The summed E-state index contributed by atoms with van der Waals surface area (Å²) in [7, 11) is 0. The Labute approximate surface area is 143 Å². The molecule has 0 radical (unpaired) electrons.